The van der Waals surface area contributed by atoms with E-state index >= 15 is 0 Å². The molecule has 5 heteroatoms. The van der Waals surface area contributed by atoms with Gasteiger partial charge in [-0.05, 0) is 48.9 Å². The van der Waals surface area contributed by atoms with Gasteiger partial charge in [0.2, 0.25) is 0 Å². The van der Waals surface area contributed by atoms with Crippen molar-refractivity contribution in [2.75, 3.05) is 19.7 Å². The van der Waals surface area contributed by atoms with Crippen LogP contribution in [0, 0.1) is 5.92 Å². The lowest BCUT2D eigenvalue weighted by atomic mass is 9.90. The van der Waals surface area contributed by atoms with Crippen LogP contribution in [0.1, 0.15) is 18.4 Å². The van der Waals surface area contributed by atoms with Crippen LogP contribution in [0.4, 0.5) is 0 Å². The normalized spacial score (nSPS) is 14.9. The predicted octanol–water partition coefficient (Wildman–Crippen LogP) is 3.40. The number of nitrogens with zero attached hydrogens (tertiary/aromatic N) is 2. The van der Waals surface area contributed by atoms with Gasteiger partial charge in [0, 0.05) is 31.7 Å². The Balaban J connectivity index is 1.33. The Morgan fingerprint density at radius 2 is 1.76 bits per heavy atom. The topological polar surface area (TPSA) is 51.5 Å². The van der Waals surface area contributed by atoms with Crippen molar-refractivity contribution in [3.8, 4) is 5.75 Å². The summed E-state index contributed by atoms with van der Waals surface area (Å²) >= 11 is 0. The first-order valence-corrected chi connectivity index (χ1v) is 10.1. The number of hydrogen-bond acceptors (Lipinski definition) is 3. The van der Waals surface area contributed by atoms with Gasteiger partial charge >= 0.3 is 0 Å². The first kappa shape index (κ1) is 19.2. The van der Waals surface area contributed by atoms with E-state index in [-0.39, 0.29) is 18.1 Å². The van der Waals surface area contributed by atoms with Crippen LogP contribution in [0.2, 0.25) is 0 Å². The Morgan fingerprint density at radius 1 is 1.00 bits per heavy atom. The van der Waals surface area contributed by atoms with E-state index in [4.69, 9.17) is 4.74 Å². The fraction of sp³-hybridized carbons (Fsp3) is 0.333. The summed E-state index contributed by atoms with van der Waals surface area (Å²) in [6.07, 6.45) is 4.83. The first-order chi connectivity index (χ1) is 14.1. The van der Waals surface area contributed by atoms with Crippen molar-refractivity contribution in [2.24, 2.45) is 13.0 Å². The van der Waals surface area contributed by atoms with E-state index in [9.17, 15) is 9.59 Å². The number of benzene rings is 2. The fourth-order valence-corrected chi connectivity index (χ4v) is 4.04. The molecule has 4 rings (SSSR count). The lowest BCUT2D eigenvalue weighted by Crippen LogP contribution is -2.41. The van der Waals surface area contributed by atoms with E-state index in [1.807, 2.05) is 17.0 Å². The quantitative estimate of drug-likeness (QED) is 0.671. The van der Waals surface area contributed by atoms with Crippen LogP contribution >= 0.6 is 0 Å². The molecule has 0 atom stereocenters. The van der Waals surface area contributed by atoms with Gasteiger partial charge in [0.25, 0.3) is 11.5 Å². The summed E-state index contributed by atoms with van der Waals surface area (Å²) in [5.41, 5.74) is 1.29. The van der Waals surface area contributed by atoms with Crippen molar-refractivity contribution in [3.63, 3.8) is 0 Å². The summed E-state index contributed by atoms with van der Waals surface area (Å²) in [4.78, 5) is 26.8. The van der Waals surface area contributed by atoms with Gasteiger partial charge in [0.15, 0.2) is 6.61 Å². The van der Waals surface area contributed by atoms with E-state index in [1.165, 1.54) is 10.1 Å². The van der Waals surface area contributed by atoms with Gasteiger partial charge < -0.3 is 14.2 Å². The summed E-state index contributed by atoms with van der Waals surface area (Å²) in [7, 11) is 1.72. The molecule has 1 aliphatic heterocycles. The molecule has 150 valence electrons. The van der Waals surface area contributed by atoms with Crippen molar-refractivity contribution >= 4 is 16.7 Å². The second-order valence-corrected chi connectivity index (χ2v) is 7.75. The van der Waals surface area contributed by atoms with Crippen LogP contribution in [0.5, 0.6) is 5.75 Å². The average molecular weight is 390 g/mol. The highest BCUT2D eigenvalue weighted by Gasteiger charge is 2.23. The summed E-state index contributed by atoms with van der Waals surface area (Å²) in [6.45, 7) is 1.54. The number of aromatic nitrogens is 1. The second kappa shape index (κ2) is 8.52. The van der Waals surface area contributed by atoms with Crippen LogP contribution < -0.4 is 10.3 Å². The number of likely N-dealkylation sites (tertiary alicyclic amines) is 1. The minimum Gasteiger partial charge on any atom is -0.483 e. The maximum Gasteiger partial charge on any atom is 0.260 e. The molecule has 3 aromatic rings. The first-order valence-electron chi connectivity index (χ1n) is 10.1. The molecule has 0 N–H and O–H groups in total. The number of pyridine rings is 1. The van der Waals surface area contributed by atoms with E-state index in [1.54, 1.807) is 31.4 Å². The minimum absolute atomic E-state index is 0.00231. The highest BCUT2D eigenvalue weighted by molar-refractivity contribution is 5.88. The lowest BCUT2D eigenvalue weighted by molar-refractivity contribution is -0.134. The Morgan fingerprint density at radius 3 is 2.52 bits per heavy atom. The summed E-state index contributed by atoms with van der Waals surface area (Å²) in [5, 5.41) is 1.34. The van der Waals surface area contributed by atoms with Crippen LogP contribution in [0.25, 0.3) is 10.8 Å². The molecule has 29 heavy (non-hydrogen) atoms. The lowest BCUT2D eigenvalue weighted by Gasteiger charge is -2.32. The van der Waals surface area contributed by atoms with Gasteiger partial charge in [-0.25, -0.2) is 0 Å². The maximum absolute atomic E-state index is 12.6. The minimum atomic E-state index is -0.0697. The van der Waals surface area contributed by atoms with E-state index in [0.29, 0.717) is 17.1 Å². The predicted molar refractivity (Wildman–Crippen MR) is 114 cm³/mol. The molecule has 2 aromatic carbocycles. The molecule has 1 aliphatic rings. The van der Waals surface area contributed by atoms with E-state index < -0.39 is 0 Å². The van der Waals surface area contributed by atoms with Crippen molar-refractivity contribution in [1.82, 2.24) is 9.47 Å². The molecule has 1 aromatic heterocycles. The van der Waals surface area contributed by atoms with Crippen molar-refractivity contribution < 1.29 is 9.53 Å². The number of rotatable bonds is 5. The molecule has 0 spiro atoms. The van der Waals surface area contributed by atoms with Crippen LogP contribution in [0.15, 0.2) is 65.6 Å². The number of aryl methyl sites for hydroxylation is 1. The van der Waals surface area contributed by atoms with Crippen LogP contribution in [0.3, 0.4) is 0 Å². The molecule has 0 unspecified atom stereocenters. The Labute approximate surface area is 170 Å². The SMILES string of the molecule is Cn1ccc2c(OCC(=O)N3CCC(Cc4ccccc4)CC3)cccc2c1=O. The molecule has 5 nitrogen and oxygen atoms in total. The summed E-state index contributed by atoms with van der Waals surface area (Å²) in [6, 6.07) is 17.8. The number of carbonyl (C=O) groups is 1. The summed E-state index contributed by atoms with van der Waals surface area (Å²) in [5.74, 6) is 1.20. The monoisotopic (exact) mass is 390 g/mol. The zero-order valence-corrected chi connectivity index (χ0v) is 16.7. The molecule has 0 radical (unpaired) electrons. The number of amides is 1. The fourth-order valence-electron chi connectivity index (χ4n) is 4.04. The van der Waals surface area contributed by atoms with E-state index in [0.717, 1.165) is 37.7 Å². The number of fused-ring (bicyclic) bond motifs is 1. The molecule has 0 aliphatic carbocycles. The molecule has 1 fully saturated rings. The largest absolute Gasteiger partial charge is 0.483 e. The number of piperidine rings is 1. The van der Waals surface area contributed by atoms with Gasteiger partial charge in [-0.3, -0.25) is 9.59 Å². The third-order valence-electron chi connectivity index (χ3n) is 5.77. The Kier molecular flexibility index (Phi) is 5.65. The van der Waals surface area contributed by atoms with Crippen LogP contribution in [-0.2, 0) is 18.3 Å². The molecule has 0 saturated carbocycles. The maximum atomic E-state index is 12.6. The van der Waals surface area contributed by atoms with Gasteiger partial charge in [-0.1, -0.05) is 36.4 Å². The van der Waals surface area contributed by atoms with Crippen LogP contribution in [-0.4, -0.2) is 35.1 Å². The number of carbonyl (C=O) groups excluding carboxylic acids is 1. The van der Waals surface area contributed by atoms with Crippen molar-refractivity contribution in [1.29, 1.82) is 0 Å². The third kappa shape index (κ3) is 4.34. The van der Waals surface area contributed by atoms with Crippen molar-refractivity contribution in [2.45, 2.75) is 19.3 Å². The molecular weight excluding hydrogens is 364 g/mol. The zero-order chi connectivity index (χ0) is 20.2. The van der Waals surface area contributed by atoms with Crippen molar-refractivity contribution in [3.05, 3.63) is 76.7 Å². The molecule has 0 bridgehead atoms. The average Bonchev–Trinajstić information content (AvgIpc) is 2.76. The number of ether oxygens (including phenoxy) is 1. The molecule has 1 saturated heterocycles. The summed E-state index contributed by atoms with van der Waals surface area (Å²) < 4.78 is 7.35. The standard InChI is InChI=1S/C24H26N2O3/c1-25-13-12-20-21(24(25)28)8-5-9-22(20)29-17-23(27)26-14-10-19(11-15-26)16-18-6-3-2-4-7-18/h2-9,12-13,19H,10-11,14-17H2,1H3. The molecule has 1 amide bonds. The third-order valence-corrected chi connectivity index (χ3v) is 5.77. The highest BCUT2D eigenvalue weighted by atomic mass is 16.5. The highest BCUT2D eigenvalue weighted by Crippen LogP contribution is 2.24. The Bertz CT molecular complexity index is 1050. The zero-order valence-electron chi connectivity index (χ0n) is 16.7. The van der Waals surface area contributed by atoms with Gasteiger partial charge in [0.1, 0.15) is 5.75 Å². The molecular formula is C24H26N2O3. The Hall–Kier alpha value is -3.08. The second-order valence-electron chi connectivity index (χ2n) is 7.75. The van der Waals surface area contributed by atoms with Gasteiger partial charge in [-0.15, -0.1) is 0 Å². The molecule has 2 heterocycles. The van der Waals surface area contributed by atoms with Gasteiger partial charge in [-0.2, -0.15) is 0 Å². The van der Waals surface area contributed by atoms with Gasteiger partial charge in [0.05, 0.1) is 5.39 Å². The van der Waals surface area contributed by atoms with E-state index in [2.05, 4.69) is 24.3 Å². The smallest absolute Gasteiger partial charge is 0.260 e. The number of hydrogen-bond donors (Lipinski definition) is 0.